The molecule has 174 valence electrons. The minimum absolute atomic E-state index is 0.0989. The Morgan fingerprint density at radius 3 is 2.52 bits per heavy atom. The molecule has 1 heterocycles. The molecular weight excluding hydrogens is 420 g/mol. The van der Waals surface area contributed by atoms with E-state index in [0.29, 0.717) is 5.57 Å². The third kappa shape index (κ3) is 7.50. The molecule has 1 atom stereocenters. The average molecular weight is 451 g/mol. The summed E-state index contributed by atoms with van der Waals surface area (Å²) in [5.41, 5.74) is 2.38. The van der Waals surface area contributed by atoms with Gasteiger partial charge in [0.05, 0.1) is 12.6 Å². The molecule has 0 aliphatic carbocycles. The Morgan fingerprint density at radius 1 is 1.09 bits per heavy atom. The standard InChI is InChI=1S/C26H30N2O5/c1-26(2,3)33-25(31)28-16-21(29)14-19(24(30)32-17-18-9-5-4-6-10-18)13-20-15-27-23-12-8-7-11-22(20)23/h4-12,14-15,21,27,29H,13,16-17H2,1-3H3,(H,28,31)/b19-14+. The lowest BCUT2D eigenvalue weighted by Crippen LogP contribution is -2.36. The van der Waals surface area contributed by atoms with E-state index < -0.39 is 23.8 Å². The van der Waals surface area contributed by atoms with Crippen molar-refractivity contribution >= 4 is 23.0 Å². The number of hydrogen-bond donors (Lipinski definition) is 3. The summed E-state index contributed by atoms with van der Waals surface area (Å²) in [6, 6.07) is 17.2. The van der Waals surface area contributed by atoms with Crippen LogP contribution in [-0.4, -0.2) is 40.4 Å². The third-order valence-corrected chi connectivity index (χ3v) is 4.78. The number of aliphatic hydroxyl groups is 1. The minimum Gasteiger partial charge on any atom is -0.457 e. The summed E-state index contributed by atoms with van der Waals surface area (Å²) < 4.78 is 10.7. The zero-order valence-corrected chi connectivity index (χ0v) is 19.1. The third-order valence-electron chi connectivity index (χ3n) is 4.78. The molecule has 1 unspecified atom stereocenters. The number of benzene rings is 2. The summed E-state index contributed by atoms with van der Waals surface area (Å²) in [6.45, 7) is 5.29. The monoisotopic (exact) mass is 450 g/mol. The van der Waals surface area contributed by atoms with Gasteiger partial charge in [0.15, 0.2) is 0 Å². The summed E-state index contributed by atoms with van der Waals surface area (Å²) in [5.74, 6) is -0.527. The predicted octanol–water partition coefficient (Wildman–Crippen LogP) is 4.27. The van der Waals surface area contributed by atoms with Gasteiger partial charge in [-0.3, -0.25) is 0 Å². The van der Waals surface area contributed by atoms with Crippen LogP contribution in [0.15, 0.2) is 72.4 Å². The van der Waals surface area contributed by atoms with Crippen molar-refractivity contribution in [2.45, 2.75) is 45.5 Å². The van der Waals surface area contributed by atoms with Crippen LogP contribution in [0.25, 0.3) is 10.9 Å². The maximum atomic E-state index is 12.9. The van der Waals surface area contributed by atoms with E-state index in [-0.39, 0.29) is 19.6 Å². The van der Waals surface area contributed by atoms with E-state index in [4.69, 9.17) is 9.47 Å². The predicted molar refractivity (Wildman–Crippen MR) is 127 cm³/mol. The number of esters is 1. The minimum atomic E-state index is -1.10. The highest BCUT2D eigenvalue weighted by atomic mass is 16.6. The summed E-state index contributed by atoms with van der Waals surface area (Å²) in [5, 5.41) is 14.0. The van der Waals surface area contributed by atoms with Gasteiger partial charge in [-0.1, -0.05) is 48.5 Å². The first-order valence-corrected chi connectivity index (χ1v) is 10.8. The Labute approximate surface area is 193 Å². The Bertz CT molecular complexity index is 1110. The topological polar surface area (TPSA) is 101 Å². The number of rotatable bonds is 8. The molecule has 1 aromatic heterocycles. The van der Waals surface area contributed by atoms with E-state index in [9.17, 15) is 14.7 Å². The molecule has 1 amide bonds. The van der Waals surface area contributed by atoms with Crippen molar-refractivity contribution in [3.05, 3.63) is 83.6 Å². The van der Waals surface area contributed by atoms with Gasteiger partial charge < -0.3 is 24.9 Å². The molecular formula is C26H30N2O5. The van der Waals surface area contributed by atoms with Gasteiger partial charge in [0.2, 0.25) is 0 Å². The zero-order valence-electron chi connectivity index (χ0n) is 19.1. The molecule has 0 saturated carbocycles. The summed E-state index contributed by atoms with van der Waals surface area (Å²) in [4.78, 5) is 28.0. The largest absolute Gasteiger partial charge is 0.457 e. The fraction of sp³-hybridized carbons (Fsp3) is 0.308. The van der Waals surface area contributed by atoms with Crippen LogP contribution >= 0.6 is 0 Å². The fourth-order valence-corrected chi connectivity index (χ4v) is 3.29. The number of carbonyl (C=O) groups excluding carboxylic acids is 2. The highest BCUT2D eigenvalue weighted by molar-refractivity contribution is 5.91. The van der Waals surface area contributed by atoms with Crippen LogP contribution in [-0.2, 0) is 27.3 Å². The van der Waals surface area contributed by atoms with Gasteiger partial charge >= 0.3 is 12.1 Å². The molecule has 2 aromatic carbocycles. The summed E-state index contributed by atoms with van der Waals surface area (Å²) in [7, 11) is 0. The molecule has 0 aliphatic rings. The van der Waals surface area contributed by atoms with Crippen LogP contribution in [0.1, 0.15) is 31.9 Å². The molecule has 3 N–H and O–H groups in total. The molecule has 7 heteroatoms. The van der Waals surface area contributed by atoms with Gasteiger partial charge in [0.1, 0.15) is 12.2 Å². The van der Waals surface area contributed by atoms with Crippen LogP contribution in [0.5, 0.6) is 0 Å². The number of amides is 1. The Morgan fingerprint density at radius 2 is 1.79 bits per heavy atom. The van der Waals surface area contributed by atoms with Crippen LogP contribution < -0.4 is 5.32 Å². The Hall–Kier alpha value is -3.58. The molecule has 7 nitrogen and oxygen atoms in total. The molecule has 0 spiro atoms. The second-order valence-electron chi connectivity index (χ2n) is 8.74. The maximum Gasteiger partial charge on any atom is 0.407 e. The second-order valence-corrected chi connectivity index (χ2v) is 8.74. The molecule has 3 rings (SSSR count). The SMILES string of the molecule is CC(C)(C)OC(=O)NCC(O)/C=C(\Cc1c[nH]c2ccccc12)C(=O)OCc1ccccc1. The number of ether oxygens (including phenoxy) is 2. The lowest BCUT2D eigenvalue weighted by atomic mass is 10.0. The molecule has 33 heavy (non-hydrogen) atoms. The fourth-order valence-electron chi connectivity index (χ4n) is 3.29. The average Bonchev–Trinajstić information content (AvgIpc) is 3.18. The number of carbonyl (C=O) groups is 2. The summed E-state index contributed by atoms with van der Waals surface area (Å²) >= 11 is 0. The van der Waals surface area contributed by atoms with E-state index in [2.05, 4.69) is 10.3 Å². The number of H-pyrrole nitrogens is 1. The van der Waals surface area contributed by atoms with E-state index in [1.165, 1.54) is 6.08 Å². The van der Waals surface area contributed by atoms with Crippen molar-refractivity contribution in [3.63, 3.8) is 0 Å². The second kappa shape index (κ2) is 10.8. The number of nitrogens with one attached hydrogen (secondary N) is 2. The maximum absolute atomic E-state index is 12.9. The van der Waals surface area contributed by atoms with E-state index in [1.807, 2.05) is 60.8 Å². The smallest absolute Gasteiger partial charge is 0.407 e. The molecule has 3 aromatic rings. The molecule has 0 saturated heterocycles. The van der Waals surface area contributed by atoms with E-state index in [0.717, 1.165) is 22.0 Å². The lowest BCUT2D eigenvalue weighted by molar-refractivity contribution is -0.140. The normalized spacial score (nSPS) is 12.9. The Balaban J connectivity index is 1.73. The van der Waals surface area contributed by atoms with Gasteiger partial charge in [-0.15, -0.1) is 0 Å². The van der Waals surface area contributed by atoms with Crippen molar-refractivity contribution in [3.8, 4) is 0 Å². The molecule has 0 bridgehead atoms. The van der Waals surface area contributed by atoms with Crippen LogP contribution in [0.4, 0.5) is 4.79 Å². The number of para-hydroxylation sites is 1. The van der Waals surface area contributed by atoms with Gasteiger partial charge in [-0.2, -0.15) is 0 Å². The zero-order chi connectivity index (χ0) is 23.8. The number of aliphatic hydroxyl groups excluding tert-OH is 1. The van der Waals surface area contributed by atoms with E-state index >= 15 is 0 Å². The highest BCUT2D eigenvalue weighted by Gasteiger charge is 2.19. The number of aromatic nitrogens is 1. The first-order valence-electron chi connectivity index (χ1n) is 10.8. The lowest BCUT2D eigenvalue weighted by Gasteiger charge is -2.20. The van der Waals surface area contributed by atoms with Crippen LogP contribution in [0.2, 0.25) is 0 Å². The van der Waals surface area contributed by atoms with Crippen molar-refractivity contribution in [2.24, 2.45) is 0 Å². The number of aromatic amines is 1. The quantitative estimate of drug-likeness (QED) is 0.352. The molecule has 0 fully saturated rings. The Kier molecular flexibility index (Phi) is 7.90. The molecule has 0 aliphatic heterocycles. The van der Waals surface area contributed by atoms with Crippen LogP contribution in [0.3, 0.4) is 0 Å². The van der Waals surface area contributed by atoms with Crippen molar-refractivity contribution < 1.29 is 24.2 Å². The van der Waals surface area contributed by atoms with E-state index in [1.54, 1.807) is 20.8 Å². The highest BCUT2D eigenvalue weighted by Crippen LogP contribution is 2.22. The number of hydrogen-bond acceptors (Lipinski definition) is 5. The first-order chi connectivity index (χ1) is 15.7. The van der Waals surface area contributed by atoms with Crippen molar-refractivity contribution in [1.82, 2.24) is 10.3 Å². The first kappa shape index (κ1) is 24.1. The van der Waals surface area contributed by atoms with Crippen LogP contribution in [0, 0.1) is 0 Å². The van der Waals surface area contributed by atoms with Gasteiger partial charge in [0, 0.05) is 29.1 Å². The van der Waals surface area contributed by atoms with Gasteiger partial charge in [-0.25, -0.2) is 9.59 Å². The van der Waals surface area contributed by atoms with Crippen molar-refractivity contribution in [1.29, 1.82) is 0 Å². The van der Waals surface area contributed by atoms with Gasteiger partial charge in [0.25, 0.3) is 0 Å². The van der Waals surface area contributed by atoms with Crippen molar-refractivity contribution in [2.75, 3.05) is 6.54 Å². The van der Waals surface area contributed by atoms with Gasteiger partial charge in [-0.05, 0) is 44.0 Å². The summed E-state index contributed by atoms with van der Waals surface area (Å²) in [6.07, 6.45) is 1.80. The number of fused-ring (bicyclic) bond motifs is 1. The number of alkyl carbamates (subject to hydrolysis) is 1. The molecule has 0 radical (unpaired) electrons.